The van der Waals surface area contributed by atoms with Crippen molar-refractivity contribution < 1.29 is 0 Å². The van der Waals surface area contributed by atoms with E-state index in [1.165, 1.54) is 9.79 Å². The van der Waals surface area contributed by atoms with Crippen LogP contribution in [0.2, 0.25) is 0 Å². The van der Waals surface area contributed by atoms with Crippen molar-refractivity contribution >= 4 is 55.4 Å². The highest BCUT2D eigenvalue weighted by atomic mass is 79.9. The van der Waals surface area contributed by atoms with Crippen molar-refractivity contribution in [2.75, 3.05) is 5.08 Å². The molecular weight excluding hydrogens is 380 g/mol. The van der Waals surface area contributed by atoms with Gasteiger partial charge in [0.15, 0.2) is 0 Å². The van der Waals surface area contributed by atoms with Crippen LogP contribution in [0.4, 0.5) is 0 Å². The van der Waals surface area contributed by atoms with Crippen LogP contribution in [-0.4, -0.2) is 5.08 Å². The van der Waals surface area contributed by atoms with Gasteiger partial charge in [0, 0.05) is 23.8 Å². The molecule has 0 saturated heterocycles. The Bertz CT molecular complexity index is 455. The Morgan fingerprint density at radius 2 is 1.12 bits per heavy atom. The van der Waals surface area contributed by atoms with Crippen LogP contribution in [0.25, 0.3) is 0 Å². The monoisotopic (exact) mass is 388 g/mol. The largest absolute Gasteiger partial charge is 0.114 e. The average Bonchev–Trinajstić information content (AvgIpc) is 2.34. The van der Waals surface area contributed by atoms with Gasteiger partial charge in [-0.25, -0.2) is 0 Å². The fraction of sp³-hybridized carbons (Fsp3) is 0.0769. The summed E-state index contributed by atoms with van der Waals surface area (Å²) in [4.78, 5) is 2.57. The van der Waals surface area contributed by atoms with E-state index in [4.69, 9.17) is 0 Å². The summed E-state index contributed by atoms with van der Waals surface area (Å²) in [5.74, 6) is 0. The zero-order valence-corrected chi connectivity index (χ0v) is 13.7. The Morgan fingerprint density at radius 3 is 1.53 bits per heavy atom. The van der Waals surface area contributed by atoms with Gasteiger partial charge in [0.25, 0.3) is 0 Å². The molecule has 0 nitrogen and oxygen atoms in total. The molecule has 0 unspecified atom stereocenters. The number of halogens is 2. The predicted molar refractivity (Wildman–Crippen MR) is 84.9 cm³/mol. The van der Waals surface area contributed by atoms with E-state index in [0.717, 1.165) is 14.0 Å². The summed E-state index contributed by atoms with van der Waals surface area (Å²) in [6.07, 6.45) is 0. The second kappa shape index (κ2) is 6.88. The van der Waals surface area contributed by atoms with Crippen LogP contribution in [0.3, 0.4) is 0 Å². The van der Waals surface area contributed by atoms with Crippen molar-refractivity contribution in [1.82, 2.24) is 0 Å². The molecule has 0 aromatic heterocycles. The Morgan fingerprint density at radius 1 is 0.706 bits per heavy atom. The van der Waals surface area contributed by atoms with Crippen LogP contribution in [-0.2, 0) is 0 Å². The summed E-state index contributed by atoms with van der Waals surface area (Å²) in [7, 11) is 0. The summed E-state index contributed by atoms with van der Waals surface area (Å²) in [6, 6.07) is 16.6. The van der Waals surface area contributed by atoms with E-state index in [9.17, 15) is 0 Å². The lowest BCUT2D eigenvalue weighted by atomic mass is 10.4. The topological polar surface area (TPSA) is 0 Å². The van der Waals surface area contributed by atoms with Gasteiger partial charge in [0.05, 0.1) is 0 Å². The average molecular weight is 390 g/mol. The maximum atomic E-state index is 3.56. The van der Waals surface area contributed by atoms with Gasteiger partial charge >= 0.3 is 0 Å². The van der Waals surface area contributed by atoms with Gasteiger partial charge < -0.3 is 0 Å². The van der Waals surface area contributed by atoms with Gasteiger partial charge in [-0.05, 0) is 56.1 Å². The van der Waals surface area contributed by atoms with Gasteiger partial charge in [-0.2, -0.15) is 0 Å². The van der Waals surface area contributed by atoms with Crippen molar-refractivity contribution in [2.24, 2.45) is 0 Å². The van der Waals surface area contributed by atoms with E-state index >= 15 is 0 Å². The van der Waals surface area contributed by atoms with Crippen molar-refractivity contribution in [2.45, 2.75) is 9.79 Å². The molecular formula is C13H10Br2S2. The lowest BCUT2D eigenvalue weighted by Crippen LogP contribution is -1.78. The summed E-state index contributed by atoms with van der Waals surface area (Å²) >= 11 is 10.8. The Hall–Kier alpha value is 0.1000. The van der Waals surface area contributed by atoms with Crippen LogP contribution in [0, 0.1) is 0 Å². The molecule has 2 aromatic rings. The first-order valence-corrected chi connectivity index (χ1v) is 8.58. The number of benzene rings is 2. The van der Waals surface area contributed by atoms with E-state index in [-0.39, 0.29) is 0 Å². The molecule has 2 aromatic carbocycles. The minimum absolute atomic E-state index is 1.01. The van der Waals surface area contributed by atoms with E-state index in [2.05, 4.69) is 68.3 Å². The van der Waals surface area contributed by atoms with Crippen molar-refractivity contribution in [1.29, 1.82) is 0 Å². The quantitative estimate of drug-likeness (QED) is 0.460. The molecule has 0 radical (unpaired) electrons. The highest BCUT2D eigenvalue weighted by Crippen LogP contribution is 2.34. The number of rotatable bonds is 4. The number of hydrogen-bond donors (Lipinski definition) is 0. The molecule has 0 saturated carbocycles. The van der Waals surface area contributed by atoms with Gasteiger partial charge in [-0.3, -0.25) is 0 Å². The highest BCUT2D eigenvalue weighted by Gasteiger charge is 2.02. The zero-order chi connectivity index (χ0) is 12.1. The molecule has 4 heteroatoms. The first kappa shape index (κ1) is 13.5. The molecule has 2 rings (SSSR count). The van der Waals surface area contributed by atoms with Gasteiger partial charge in [-0.1, -0.05) is 24.3 Å². The normalized spacial score (nSPS) is 10.5. The van der Waals surface area contributed by atoms with Crippen molar-refractivity contribution in [3.05, 3.63) is 57.5 Å². The van der Waals surface area contributed by atoms with Crippen LogP contribution in [0.15, 0.2) is 67.3 Å². The van der Waals surface area contributed by atoms with Gasteiger partial charge in [-0.15, -0.1) is 23.5 Å². The van der Waals surface area contributed by atoms with E-state index < -0.39 is 0 Å². The Kier molecular flexibility index (Phi) is 5.48. The molecule has 0 aliphatic heterocycles. The van der Waals surface area contributed by atoms with E-state index in [1.807, 2.05) is 35.7 Å². The fourth-order valence-electron chi connectivity index (χ4n) is 1.28. The van der Waals surface area contributed by atoms with E-state index in [0.29, 0.717) is 0 Å². The van der Waals surface area contributed by atoms with Crippen LogP contribution >= 0.6 is 55.4 Å². The standard InChI is InChI=1S/C13H10Br2S2/c14-10-5-1-3-7-12(10)16-9-17-13-8-4-2-6-11(13)15/h1-8H,9H2. The molecule has 0 amide bonds. The molecule has 0 atom stereocenters. The maximum Gasteiger partial charge on any atom is 0.0487 e. The highest BCUT2D eigenvalue weighted by molar-refractivity contribution is 9.10. The van der Waals surface area contributed by atoms with E-state index in [1.54, 1.807) is 0 Å². The fourth-order valence-corrected chi connectivity index (χ4v) is 4.55. The molecule has 0 fully saturated rings. The lowest BCUT2D eigenvalue weighted by Gasteiger charge is -2.05. The molecule has 0 aliphatic rings. The minimum atomic E-state index is 1.01. The lowest BCUT2D eigenvalue weighted by molar-refractivity contribution is 1.40. The minimum Gasteiger partial charge on any atom is -0.114 e. The van der Waals surface area contributed by atoms with Crippen LogP contribution < -0.4 is 0 Å². The molecule has 0 heterocycles. The summed E-state index contributed by atoms with van der Waals surface area (Å²) in [5.41, 5.74) is 0. The molecule has 0 spiro atoms. The smallest absolute Gasteiger partial charge is 0.0487 e. The predicted octanol–water partition coefficient (Wildman–Crippen LogP) is 6.05. The Balaban J connectivity index is 1.93. The number of thioether (sulfide) groups is 2. The molecule has 0 bridgehead atoms. The summed E-state index contributed by atoms with van der Waals surface area (Å²) in [6.45, 7) is 0. The second-order valence-electron chi connectivity index (χ2n) is 3.27. The third-order valence-corrected chi connectivity index (χ3v) is 6.29. The molecule has 17 heavy (non-hydrogen) atoms. The zero-order valence-electron chi connectivity index (χ0n) is 8.90. The van der Waals surface area contributed by atoms with Crippen molar-refractivity contribution in [3.8, 4) is 0 Å². The van der Waals surface area contributed by atoms with Gasteiger partial charge in [0.1, 0.15) is 0 Å². The molecule has 88 valence electrons. The first-order chi connectivity index (χ1) is 8.27. The van der Waals surface area contributed by atoms with Crippen LogP contribution in [0.1, 0.15) is 0 Å². The third-order valence-electron chi connectivity index (χ3n) is 2.10. The van der Waals surface area contributed by atoms with Gasteiger partial charge in [0.2, 0.25) is 0 Å². The number of hydrogen-bond acceptors (Lipinski definition) is 2. The maximum absolute atomic E-state index is 3.56. The second-order valence-corrected chi connectivity index (χ2v) is 7.38. The molecule has 0 N–H and O–H groups in total. The first-order valence-electron chi connectivity index (χ1n) is 5.02. The SMILES string of the molecule is Brc1ccccc1SCSc1ccccc1Br. The van der Waals surface area contributed by atoms with Crippen LogP contribution in [0.5, 0.6) is 0 Å². The van der Waals surface area contributed by atoms with Crippen molar-refractivity contribution in [3.63, 3.8) is 0 Å². The Labute approximate surface area is 127 Å². The third kappa shape index (κ3) is 4.05. The molecule has 0 aliphatic carbocycles. The summed E-state index contributed by atoms with van der Waals surface area (Å²) in [5, 5.41) is 1.01. The summed E-state index contributed by atoms with van der Waals surface area (Å²) < 4.78 is 2.33.